The monoisotopic (exact) mass is 610 g/mol. The first-order valence-electron chi connectivity index (χ1n) is 15.4. The fraction of sp³-hybridized carbons (Fsp3) is 0.625. The number of hydrogen-bond acceptors (Lipinski definition) is 6. The number of nitrogens with one attached hydrogen (secondary N) is 1. The number of hydrogen-bond donors (Lipinski definition) is 1. The number of carbonyl (C=O) groups excluding carboxylic acids is 2. The van der Waals surface area contributed by atoms with E-state index in [0.29, 0.717) is 13.3 Å². The van der Waals surface area contributed by atoms with E-state index in [1.165, 1.54) is 0 Å². The van der Waals surface area contributed by atoms with Gasteiger partial charge in [0.25, 0.3) is 0 Å². The van der Waals surface area contributed by atoms with Gasteiger partial charge in [0.15, 0.2) is 0 Å². The lowest BCUT2D eigenvalue weighted by molar-refractivity contribution is -0.121. The SMILES string of the molecule is CC(N(C)C(=O)OC(C)(C)C)C1(C)CCC(C(=O)Nc2ccnc3c2cc(-n2cccn2)n3COCC[Si](C)(C)C)CC1. The summed E-state index contributed by atoms with van der Waals surface area (Å²) in [4.78, 5) is 32.6. The molecule has 11 heteroatoms. The molecule has 1 aliphatic rings. The highest BCUT2D eigenvalue weighted by Crippen LogP contribution is 2.43. The lowest BCUT2D eigenvalue weighted by Crippen LogP contribution is -2.49. The van der Waals surface area contributed by atoms with Gasteiger partial charge in [-0.3, -0.25) is 9.36 Å². The minimum atomic E-state index is -1.22. The number of nitrogens with zero attached hydrogens (tertiary/aromatic N) is 5. The van der Waals surface area contributed by atoms with Crippen LogP contribution in [0.5, 0.6) is 0 Å². The predicted octanol–water partition coefficient (Wildman–Crippen LogP) is 6.92. The molecule has 2 amide bonds. The Morgan fingerprint density at radius 2 is 1.91 bits per heavy atom. The molecule has 0 saturated heterocycles. The molecule has 1 atom stereocenters. The first-order valence-corrected chi connectivity index (χ1v) is 19.1. The minimum absolute atomic E-state index is 0.0142. The molecular weight excluding hydrogens is 560 g/mol. The Morgan fingerprint density at radius 1 is 1.21 bits per heavy atom. The highest BCUT2D eigenvalue weighted by Gasteiger charge is 2.41. The van der Waals surface area contributed by atoms with E-state index in [4.69, 9.17) is 9.47 Å². The highest BCUT2D eigenvalue weighted by molar-refractivity contribution is 6.76. The third-order valence-corrected chi connectivity index (χ3v) is 10.5. The maximum absolute atomic E-state index is 13.6. The van der Waals surface area contributed by atoms with Crippen LogP contribution in [0.1, 0.15) is 60.3 Å². The Labute approximate surface area is 257 Å². The standard InChI is InChI=1S/C32H50N6O4Si/c1-23(36(6)30(40)42-31(2,3)4)32(5)14-11-24(12-15-32)29(39)35-26-13-17-33-28-25(26)21-27(38-18-10-16-34-38)37(28)22-41-19-20-43(7,8)9/h10,13,16-18,21,23-24H,11-12,14-15,19-20,22H2,1-9H3,(H,33,35,39). The first-order chi connectivity index (χ1) is 20.1. The molecule has 0 aromatic carbocycles. The molecule has 1 N–H and O–H groups in total. The topological polar surface area (TPSA) is 104 Å². The van der Waals surface area contributed by atoms with Gasteiger partial charge in [0, 0.05) is 57.7 Å². The van der Waals surface area contributed by atoms with Crippen LogP contribution in [-0.4, -0.2) is 69.6 Å². The summed E-state index contributed by atoms with van der Waals surface area (Å²) >= 11 is 0. The molecule has 236 valence electrons. The molecule has 10 nitrogen and oxygen atoms in total. The number of ether oxygens (including phenoxy) is 2. The fourth-order valence-electron chi connectivity index (χ4n) is 5.65. The second-order valence-corrected chi connectivity index (χ2v) is 20.1. The molecule has 43 heavy (non-hydrogen) atoms. The smallest absolute Gasteiger partial charge is 0.410 e. The van der Waals surface area contributed by atoms with Gasteiger partial charge in [-0.25, -0.2) is 14.5 Å². The van der Waals surface area contributed by atoms with Gasteiger partial charge in [0.1, 0.15) is 23.8 Å². The maximum Gasteiger partial charge on any atom is 0.410 e. The van der Waals surface area contributed by atoms with Crippen molar-refractivity contribution in [3.8, 4) is 5.82 Å². The van der Waals surface area contributed by atoms with E-state index in [1.807, 2.05) is 49.7 Å². The Bertz CT molecular complexity index is 1400. The number of pyridine rings is 1. The molecule has 0 bridgehead atoms. The molecule has 1 fully saturated rings. The average Bonchev–Trinajstić information content (AvgIpc) is 3.58. The number of rotatable bonds is 10. The molecule has 0 spiro atoms. The van der Waals surface area contributed by atoms with Crippen molar-refractivity contribution in [1.82, 2.24) is 24.2 Å². The normalized spacial score (nSPS) is 20.2. The number of anilines is 1. The third kappa shape index (κ3) is 8.06. The van der Waals surface area contributed by atoms with E-state index in [-0.39, 0.29) is 29.4 Å². The second-order valence-electron chi connectivity index (χ2n) is 14.5. The summed E-state index contributed by atoms with van der Waals surface area (Å²) in [6, 6.07) is 6.81. The Morgan fingerprint density at radius 3 is 2.51 bits per heavy atom. The molecular formula is C32H50N6O4Si. The summed E-state index contributed by atoms with van der Waals surface area (Å²) in [6.07, 6.45) is 8.26. The average molecular weight is 611 g/mol. The van der Waals surface area contributed by atoms with Crippen molar-refractivity contribution >= 4 is 36.8 Å². The molecule has 1 unspecified atom stereocenters. The second kappa shape index (κ2) is 12.8. The van der Waals surface area contributed by atoms with Crippen molar-refractivity contribution in [3.05, 3.63) is 36.8 Å². The minimum Gasteiger partial charge on any atom is -0.444 e. The zero-order valence-corrected chi connectivity index (χ0v) is 28.4. The van der Waals surface area contributed by atoms with Gasteiger partial charge in [-0.1, -0.05) is 26.6 Å². The van der Waals surface area contributed by atoms with Crippen LogP contribution in [0.15, 0.2) is 36.8 Å². The summed E-state index contributed by atoms with van der Waals surface area (Å²) in [7, 11) is 0.587. The molecule has 4 rings (SSSR count). The summed E-state index contributed by atoms with van der Waals surface area (Å²) in [5.74, 6) is 0.745. The van der Waals surface area contributed by atoms with Gasteiger partial charge in [-0.2, -0.15) is 5.10 Å². The van der Waals surface area contributed by atoms with Gasteiger partial charge < -0.3 is 19.7 Å². The van der Waals surface area contributed by atoms with E-state index in [9.17, 15) is 9.59 Å². The van der Waals surface area contributed by atoms with Crippen LogP contribution >= 0.6 is 0 Å². The van der Waals surface area contributed by atoms with Crippen molar-refractivity contribution in [2.45, 2.75) is 104 Å². The number of carbonyl (C=O) groups is 2. The molecule has 3 heterocycles. The lowest BCUT2D eigenvalue weighted by atomic mass is 9.67. The van der Waals surface area contributed by atoms with Crippen LogP contribution in [-0.2, 0) is 21.0 Å². The fourth-order valence-corrected chi connectivity index (χ4v) is 6.41. The molecule has 1 saturated carbocycles. The van der Waals surface area contributed by atoms with Crippen LogP contribution in [0.4, 0.5) is 10.5 Å². The van der Waals surface area contributed by atoms with E-state index in [2.05, 4.69) is 48.9 Å². The molecule has 3 aromatic heterocycles. The number of amides is 2. The van der Waals surface area contributed by atoms with Gasteiger partial charge in [-0.15, -0.1) is 0 Å². The largest absolute Gasteiger partial charge is 0.444 e. The molecule has 1 aliphatic carbocycles. The Kier molecular flexibility index (Phi) is 9.75. The molecule has 0 radical (unpaired) electrons. The zero-order valence-electron chi connectivity index (χ0n) is 27.4. The van der Waals surface area contributed by atoms with Crippen molar-refractivity contribution in [2.75, 3.05) is 19.0 Å². The Balaban J connectivity index is 1.46. The number of aromatic nitrogens is 4. The summed E-state index contributed by atoms with van der Waals surface area (Å²) < 4.78 is 15.5. The van der Waals surface area contributed by atoms with Crippen molar-refractivity contribution in [1.29, 1.82) is 0 Å². The van der Waals surface area contributed by atoms with Crippen LogP contribution in [0, 0.1) is 11.3 Å². The summed E-state index contributed by atoms with van der Waals surface area (Å²) in [5, 5.41) is 8.50. The summed E-state index contributed by atoms with van der Waals surface area (Å²) in [6.45, 7) is 18.0. The predicted molar refractivity (Wildman–Crippen MR) is 173 cm³/mol. The van der Waals surface area contributed by atoms with E-state index in [0.717, 1.165) is 54.3 Å². The van der Waals surface area contributed by atoms with Crippen molar-refractivity contribution in [2.24, 2.45) is 11.3 Å². The Hall–Kier alpha value is -3.18. The van der Waals surface area contributed by atoms with Crippen molar-refractivity contribution < 1.29 is 19.1 Å². The van der Waals surface area contributed by atoms with Gasteiger partial charge >= 0.3 is 6.09 Å². The first kappa shape index (κ1) is 32.7. The highest BCUT2D eigenvalue weighted by atomic mass is 28.3. The maximum atomic E-state index is 13.6. The van der Waals surface area contributed by atoms with Gasteiger partial charge in [-0.05, 0) is 83.0 Å². The summed E-state index contributed by atoms with van der Waals surface area (Å²) in [5.41, 5.74) is 0.834. The van der Waals surface area contributed by atoms with Crippen LogP contribution < -0.4 is 5.32 Å². The zero-order chi connectivity index (χ0) is 31.6. The van der Waals surface area contributed by atoms with E-state index >= 15 is 0 Å². The van der Waals surface area contributed by atoms with Gasteiger partial charge in [0.05, 0.1) is 5.69 Å². The third-order valence-electron chi connectivity index (χ3n) is 8.76. The van der Waals surface area contributed by atoms with Crippen LogP contribution in [0.2, 0.25) is 25.7 Å². The number of fused-ring (bicyclic) bond motifs is 1. The van der Waals surface area contributed by atoms with E-state index in [1.54, 1.807) is 29.0 Å². The lowest BCUT2D eigenvalue weighted by Gasteiger charge is -2.44. The molecule has 0 aliphatic heterocycles. The van der Waals surface area contributed by atoms with Crippen LogP contribution in [0.3, 0.4) is 0 Å². The quantitative estimate of drug-likeness (QED) is 0.197. The van der Waals surface area contributed by atoms with Crippen LogP contribution in [0.25, 0.3) is 16.9 Å². The molecule has 3 aromatic rings. The van der Waals surface area contributed by atoms with E-state index < -0.39 is 13.7 Å². The van der Waals surface area contributed by atoms with Crippen molar-refractivity contribution in [3.63, 3.8) is 0 Å². The van der Waals surface area contributed by atoms with Gasteiger partial charge in [0.2, 0.25) is 5.91 Å².